The monoisotopic (exact) mass is 488 g/mol. The molecule has 0 fully saturated rings. The Kier molecular flexibility index (Phi) is 10.5. The van der Waals surface area contributed by atoms with Gasteiger partial charge in [0.25, 0.3) is 5.91 Å². The lowest BCUT2D eigenvalue weighted by Gasteiger charge is -2.11. The van der Waals surface area contributed by atoms with Crippen molar-refractivity contribution >= 4 is 34.8 Å². The molecule has 0 saturated carbocycles. The van der Waals surface area contributed by atoms with Crippen molar-refractivity contribution in [2.24, 2.45) is 0 Å². The third kappa shape index (κ3) is 9.23. The molecule has 0 spiro atoms. The number of amides is 3. The summed E-state index contributed by atoms with van der Waals surface area (Å²) in [4.78, 5) is 37.0. The Morgan fingerprint density at radius 3 is 2.22 bits per heavy atom. The van der Waals surface area contributed by atoms with Crippen LogP contribution in [-0.4, -0.2) is 44.5 Å². The summed E-state index contributed by atoms with van der Waals surface area (Å²) in [6, 6.07) is 23.8. The summed E-state index contributed by atoms with van der Waals surface area (Å²) in [5, 5.41) is 11.6. The number of anilines is 3. The summed E-state index contributed by atoms with van der Waals surface area (Å²) in [7, 11) is 1.62. The van der Waals surface area contributed by atoms with E-state index >= 15 is 0 Å². The molecule has 0 bridgehead atoms. The lowest BCUT2D eigenvalue weighted by atomic mass is 10.1. The van der Waals surface area contributed by atoms with Crippen LogP contribution in [0, 0.1) is 0 Å². The molecular formula is C28H32N4O4. The summed E-state index contributed by atoms with van der Waals surface area (Å²) in [5.41, 5.74) is 3.46. The van der Waals surface area contributed by atoms with Gasteiger partial charge in [0.15, 0.2) is 0 Å². The molecule has 3 aromatic rings. The fourth-order valence-electron chi connectivity index (χ4n) is 3.48. The summed E-state index contributed by atoms with van der Waals surface area (Å²) < 4.78 is 4.98. The topological polar surface area (TPSA) is 109 Å². The summed E-state index contributed by atoms with van der Waals surface area (Å²) >= 11 is 0. The molecular weight excluding hydrogens is 456 g/mol. The SMILES string of the molecule is COCCCNC(=O)c1cccc(NCC(=O)Nc2cccc(NC(=O)CCc3ccccc3)c2)c1. The zero-order valence-electron chi connectivity index (χ0n) is 20.4. The van der Waals surface area contributed by atoms with Gasteiger partial charge in [-0.1, -0.05) is 42.5 Å². The van der Waals surface area contributed by atoms with Crippen LogP contribution in [0.4, 0.5) is 17.1 Å². The van der Waals surface area contributed by atoms with Crippen molar-refractivity contribution in [1.82, 2.24) is 5.32 Å². The van der Waals surface area contributed by atoms with Crippen molar-refractivity contribution in [3.63, 3.8) is 0 Å². The molecule has 0 aromatic heterocycles. The maximum Gasteiger partial charge on any atom is 0.251 e. The van der Waals surface area contributed by atoms with Gasteiger partial charge in [-0.05, 0) is 54.8 Å². The summed E-state index contributed by atoms with van der Waals surface area (Å²) in [5.74, 6) is -0.523. The minimum atomic E-state index is -0.253. The van der Waals surface area contributed by atoms with Gasteiger partial charge in [-0.25, -0.2) is 0 Å². The molecule has 0 aliphatic rings. The lowest BCUT2D eigenvalue weighted by molar-refractivity contribution is -0.116. The van der Waals surface area contributed by atoms with Crippen molar-refractivity contribution in [2.45, 2.75) is 19.3 Å². The van der Waals surface area contributed by atoms with Gasteiger partial charge in [-0.3, -0.25) is 14.4 Å². The van der Waals surface area contributed by atoms with Gasteiger partial charge in [0.1, 0.15) is 0 Å². The van der Waals surface area contributed by atoms with Crippen molar-refractivity contribution in [2.75, 3.05) is 42.8 Å². The van der Waals surface area contributed by atoms with E-state index in [2.05, 4.69) is 21.3 Å². The molecule has 0 saturated heterocycles. The standard InChI is InChI=1S/C28H32N4O4/c1-36-17-7-16-29-28(35)22-10-5-11-23(18-22)30-20-27(34)32-25-13-6-12-24(19-25)31-26(33)15-14-21-8-3-2-4-9-21/h2-6,8-13,18-19,30H,7,14-17,20H2,1H3,(H,29,35)(H,31,33)(H,32,34). The number of methoxy groups -OCH3 is 1. The summed E-state index contributed by atoms with van der Waals surface area (Å²) in [6.07, 6.45) is 1.76. The van der Waals surface area contributed by atoms with Gasteiger partial charge in [0.05, 0.1) is 6.54 Å². The fraction of sp³-hybridized carbons (Fsp3) is 0.250. The van der Waals surface area contributed by atoms with Gasteiger partial charge in [-0.15, -0.1) is 0 Å². The van der Waals surface area contributed by atoms with Crippen LogP contribution >= 0.6 is 0 Å². The first kappa shape index (κ1) is 26.4. The molecule has 8 heteroatoms. The molecule has 8 nitrogen and oxygen atoms in total. The molecule has 0 atom stereocenters. The average molecular weight is 489 g/mol. The van der Waals surface area contributed by atoms with E-state index in [4.69, 9.17) is 4.74 Å². The van der Waals surface area contributed by atoms with Crippen LogP contribution in [0.2, 0.25) is 0 Å². The second-order valence-corrected chi connectivity index (χ2v) is 8.20. The quantitative estimate of drug-likeness (QED) is 0.271. The second kappa shape index (κ2) is 14.3. The Morgan fingerprint density at radius 2 is 1.47 bits per heavy atom. The highest BCUT2D eigenvalue weighted by Gasteiger charge is 2.08. The molecule has 0 radical (unpaired) electrons. The Hall–Kier alpha value is -4.17. The molecule has 3 rings (SSSR count). The van der Waals surface area contributed by atoms with Gasteiger partial charge in [0.2, 0.25) is 11.8 Å². The van der Waals surface area contributed by atoms with E-state index in [0.717, 1.165) is 12.0 Å². The van der Waals surface area contributed by atoms with Gasteiger partial charge in [-0.2, -0.15) is 0 Å². The number of aryl methyl sites for hydroxylation is 1. The van der Waals surface area contributed by atoms with E-state index in [-0.39, 0.29) is 24.3 Å². The molecule has 3 amide bonds. The first-order chi connectivity index (χ1) is 17.5. The number of rotatable bonds is 13. The molecule has 4 N–H and O–H groups in total. The van der Waals surface area contributed by atoms with Crippen LogP contribution in [0.1, 0.15) is 28.8 Å². The number of benzene rings is 3. The van der Waals surface area contributed by atoms with Crippen molar-refractivity contribution < 1.29 is 19.1 Å². The molecule has 36 heavy (non-hydrogen) atoms. The van der Waals surface area contributed by atoms with E-state index in [1.54, 1.807) is 55.6 Å². The van der Waals surface area contributed by atoms with E-state index in [0.29, 0.717) is 48.6 Å². The Bertz CT molecular complexity index is 1150. The van der Waals surface area contributed by atoms with Crippen LogP contribution in [0.25, 0.3) is 0 Å². The number of nitrogens with one attached hydrogen (secondary N) is 4. The van der Waals surface area contributed by atoms with Gasteiger partial charge < -0.3 is 26.0 Å². The maximum absolute atomic E-state index is 12.4. The minimum Gasteiger partial charge on any atom is -0.385 e. The van der Waals surface area contributed by atoms with Crippen molar-refractivity contribution in [3.05, 3.63) is 90.0 Å². The molecule has 188 valence electrons. The first-order valence-electron chi connectivity index (χ1n) is 11.9. The van der Waals surface area contributed by atoms with Crippen LogP contribution in [0.15, 0.2) is 78.9 Å². The lowest BCUT2D eigenvalue weighted by Crippen LogP contribution is -2.25. The van der Waals surface area contributed by atoms with E-state index in [9.17, 15) is 14.4 Å². The van der Waals surface area contributed by atoms with E-state index in [1.807, 2.05) is 30.3 Å². The molecule has 0 aliphatic heterocycles. The Labute approximate surface area is 211 Å². The first-order valence-corrected chi connectivity index (χ1v) is 11.9. The van der Waals surface area contributed by atoms with E-state index < -0.39 is 0 Å². The fourth-order valence-corrected chi connectivity index (χ4v) is 3.48. The van der Waals surface area contributed by atoms with Crippen LogP contribution in [0.3, 0.4) is 0 Å². The third-order valence-electron chi connectivity index (χ3n) is 5.30. The maximum atomic E-state index is 12.4. The van der Waals surface area contributed by atoms with Crippen LogP contribution < -0.4 is 21.3 Å². The number of hydrogen-bond donors (Lipinski definition) is 4. The predicted octanol–water partition coefficient (Wildman–Crippen LogP) is 4.07. The zero-order valence-corrected chi connectivity index (χ0v) is 20.4. The van der Waals surface area contributed by atoms with Gasteiger partial charge in [0, 0.05) is 49.3 Å². The molecule has 3 aromatic carbocycles. The van der Waals surface area contributed by atoms with Crippen molar-refractivity contribution in [3.8, 4) is 0 Å². The van der Waals surface area contributed by atoms with Crippen LogP contribution in [-0.2, 0) is 20.7 Å². The largest absolute Gasteiger partial charge is 0.385 e. The van der Waals surface area contributed by atoms with Gasteiger partial charge >= 0.3 is 0 Å². The Balaban J connectivity index is 1.45. The van der Waals surface area contributed by atoms with E-state index in [1.165, 1.54) is 0 Å². The minimum absolute atomic E-state index is 0.0204. The number of carbonyl (C=O) groups excluding carboxylic acids is 3. The number of hydrogen-bond acceptors (Lipinski definition) is 5. The van der Waals surface area contributed by atoms with Crippen molar-refractivity contribution in [1.29, 1.82) is 0 Å². The van der Waals surface area contributed by atoms with Crippen LogP contribution in [0.5, 0.6) is 0 Å². The molecule has 0 unspecified atom stereocenters. The normalized spacial score (nSPS) is 10.4. The highest BCUT2D eigenvalue weighted by atomic mass is 16.5. The Morgan fingerprint density at radius 1 is 0.778 bits per heavy atom. The average Bonchev–Trinajstić information content (AvgIpc) is 2.89. The molecule has 0 heterocycles. The molecule has 0 aliphatic carbocycles. The number of carbonyl (C=O) groups is 3. The highest BCUT2D eigenvalue weighted by molar-refractivity contribution is 5.97. The second-order valence-electron chi connectivity index (χ2n) is 8.20. The smallest absolute Gasteiger partial charge is 0.251 e. The number of ether oxygens (including phenoxy) is 1. The highest BCUT2D eigenvalue weighted by Crippen LogP contribution is 2.16. The summed E-state index contributed by atoms with van der Waals surface area (Å²) in [6.45, 7) is 1.13. The third-order valence-corrected chi connectivity index (χ3v) is 5.30. The predicted molar refractivity (Wildman–Crippen MR) is 142 cm³/mol. The zero-order chi connectivity index (χ0) is 25.6.